The van der Waals surface area contributed by atoms with E-state index < -0.39 is 5.97 Å². The van der Waals surface area contributed by atoms with E-state index in [4.69, 9.17) is 4.74 Å². The van der Waals surface area contributed by atoms with Gasteiger partial charge in [-0.1, -0.05) is 43.3 Å². The van der Waals surface area contributed by atoms with Crippen molar-refractivity contribution in [3.8, 4) is 10.6 Å². The molecule has 0 saturated heterocycles. The molecule has 4 rings (SSSR count). The molecule has 0 aliphatic carbocycles. The predicted molar refractivity (Wildman–Crippen MR) is 108 cm³/mol. The molecule has 0 amide bonds. The average molecular weight is 408 g/mol. The first-order chi connectivity index (χ1) is 14.2. The first-order valence-corrected chi connectivity index (χ1v) is 10.2. The van der Waals surface area contributed by atoms with Crippen molar-refractivity contribution >= 4 is 17.3 Å². The summed E-state index contributed by atoms with van der Waals surface area (Å²) in [4.78, 5) is 13.8. The molecule has 3 heterocycles. The maximum absolute atomic E-state index is 12.8. The third kappa shape index (κ3) is 4.40. The number of aromatic nitrogens is 6. The van der Waals surface area contributed by atoms with Crippen LogP contribution in [0.3, 0.4) is 0 Å². The molecule has 1 aromatic carbocycles. The first kappa shape index (κ1) is 19.0. The maximum Gasteiger partial charge on any atom is 0.342 e. The number of ether oxygens (including phenoxy) is 1. The van der Waals surface area contributed by atoms with E-state index >= 15 is 0 Å². The Bertz CT molecular complexity index is 1070. The van der Waals surface area contributed by atoms with Crippen LogP contribution in [0.25, 0.3) is 10.6 Å². The molecule has 0 fully saturated rings. The molecule has 4 aromatic rings. The number of tetrazole rings is 1. The van der Waals surface area contributed by atoms with Gasteiger partial charge >= 0.3 is 5.97 Å². The molecule has 0 unspecified atom stereocenters. The average Bonchev–Trinajstić information content (AvgIpc) is 3.48. The lowest BCUT2D eigenvalue weighted by atomic mass is 10.2. The molecular weight excluding hydrogens is 388 g/mol. The van der Waals surface area contributed by atoms with Crippen molar-refractivity contribution in [2.24, 2.45) is 0 Å². The van der Waals surface area contributed by atoms with Gasteiger partial charge in [0.05, 0.1) is 11.4 Å². The Hall–Kier alpha value is -3.33. The van der Waals surface area contributed by atoms with Gasteiger partial charge in [-0.15, -0.1) is 16.4 Å². The minimum absolute atomic E-state index is 0.0135. The second-order valence-corrected chi connectivity index (χ2v) is 7.39. The third-order valence-corrected chi connectivity index (χ3v) is 5.17. The van der Waals surface area contributed by atoms with E-state index in [0.717, 1.165) is 16.9 Å². The highest BCUT2D eigenvalue weighted by Gasteiger charge is 2.21. The summed E-state index contributed by atoms with van der Waals surface area (Å²) in [5.74, 6) is 0.0771. The summed E-state index contributed by atoms with van der Waals surface area (Å²) in [5.41, 5.74) is 2.15. The number of nitrogens with zero attached hydrogens (tertiary/aromatic N) is 6. The molecule has 0 aliphatic rings. The molecule has 0 atom stereocenters. The highest BCUT2D eigenvalue weighted by atomic mass is 32.1. The number of esters is 1. The Kier molecular flexibility index (Phi) is 5.76. The molecule has 0 aliphatic heterocycles. The third-order valence-electron chi connectivity index (χ3n) is 4.30. The molecule has 9 heteroatoms. The van der Waals surface area contributed by atoms with Gasteiger partial charge in [-0.05, 0) is 33.9 Å². The summed E-state index contributed by atoms with van der Waals surface area (Å²) in [6, 6.07) is 13.9. The van der Waals surface area contributed by atoms with E-state index in [1.807, 2.05) is 54.8 Å². The number of hydrogen-bond acceptors (Lipinski definition) is 7. The van der Waals surface area contributed by atoms with Crippen LogP contribution in [0.1, 0.15) is 35.1 Å². The number of benzene rings is 1. The van der Waals surface area contributed by atoms with Gasteiger partial charge in [-0.25, -0.2) is 9.48 Å². The van der Waals surface area contributed by atoms with E-state index in [0.29, 0.717) is 30.2 Å². The fourth-order valence-electron chi connectivity index (χ4n) is 2.94. The molecule has 0 spiro atoms. The Morgan fingerprint density at radius 3 is 2.79 bits per heavy atom. The van der Waals surface area contributed by atoms with Crippen molar-refractivity contribution in [2.45, 2.75) is 33.0 Å². The molecular formula is C20H20N6O2S. The van der Waals surface area contributed by atoms with Crippen LogP contribution in [0, 0.1) is 0 Å². The fraction of sp³-hybridized carbons (Fsp3) is 0.250. The van der Waals surface area contributed by atoms with Gasteiger partial charge in [0, 0.05) is 12.7 Å². The van der Waals surface area contributed by atoms with Crippen LogP contribution < -0.4 is 0 Å². The Morgan fingerprint density at radius 1 is 1.17 bits per heavy atom. The van der Waals surface area contributed by atoms with Crippen molar-refractivity contribution < 1.29 is 9.53 Å². The summed E-state index contributed by atoms with van der Waals surface area (Å²) >= 11 is 1.53. The van der Waals surface area contributed by atoms with Crippen molar-refractivity contribution in [2.75, 3.05) is 0 Å². The molecule has 0 bridgehead atoms. The molecule has 0 radical (unpaired) electrons. The second-order valence-electron chi connectivity index (χ2n) is 6.45. The van der Waals surface area contributed by atoms with Crippen molar-refractivity contribution in [1.29, 1.82) is 0 Å². The zero-order chi connectivity index (χ0) is 20.1. The van der Waals surface area contributed by atoms with Crippen LogP contribution >= 0.6 is 11.3 Å². The van der Waals surface area contributed by atoms with Gasteiger partial charge in [0.15, 0.2) is 12.4 Å². The molecule has 29 heavy (non-hydrogen) atoms. The monoisotopic (exact) mass is 408 g/mol. The van der Waals surface area contributed by atoms with Gasteiger partial charge in [-0.3, -0.25) is 4.68 Å². The summed E-state index contributed by atoms with van der Waals surface area (Å²) in [6.45, 7) is 3.29. The largest absolute Gasteiger partial charge is 0.454 e. The summed E-state index contributed by atoms with van der Waals surface area (Å²) in [7, 11) is 0. The smallest absolute Gasteiger partial charge is 0.342 e. The summed E-state index contributed by atoms with van der Waals surface area (Å²) in [6.07, 6.45) is 2.63. The SMILES string of the molecule is CCCn1nnnc1COC(=O)c1cn(Cc2ccccc2)nc1-c1cccs1. The van der Waals surface area contributed by atoms with E-state index in [1.54, 1.807) is 15.6 Å². The van der Waals surface area contributed by atoms with Crippen LogP contribution in [0.2, 0.25) is 0 Å². The zero-order valence-corrected chi connectivity index (χ0v) is 16.7. The van der Waals surface area contributed by atoms with Crippen molar-refractivity contribution in [3.05, 3.63) is 71.0 Å². The van der Waals surface area contributed by atoms with Crippen LogP contribution in [-0.2, 0) is 24.4 Å². The number of carbonyl (C=O) groups excluding carboxylic acids is 1. The topological polar surface area (TPSA) is 87.7 Å². The number of thiophene rings is 1. The second kappa shape index (κ2) is 8.78. The Balaban J connectivity index is 1.56. The zero-order valence-electron chi connectivity index (χ0n) is 15.9. The van der Waals surface area contributed by atoms with Crippen molar-refractivity contribution in [3.63, 3.8) is 0 Å². The minimum atomic E-state index is -0.446. The highest BCUT2D eigenvalue weighted by molar-refractivity contribution is 7.13. The number of aryl methyl sites for hydroxylation is 1. The number of carbonyl (C=O) groups is 1. The molecule has 3 aromatic heterocycles. The van der Waals surface area contributed by atoms with Crippen LogP contribution in [0.5, 0.6) is 0 Å². The van der Waals surface area contributed by atoms with Gasteiger partial charge < -0.3 is 4.74 Å². The van der Waals surface area contributed by atoms with Gasteiger partial charge in [0.25, 0.3) is 0 Å². The minimum Gasteiger partial charge on any atom is -0.454 e. The molecule has 0 saturated carbocycles. The highest BCUT2D eigenvalue weighted by Crippen LogP contribution is 2.27. The van der Waals surface area contributed by atoms with Gasteiger partial charge in [-0.2, -0.15) is 5.10 Å². The van der Waals surface area contributed by atoms with Gasteiger partial charge in [0.1, 0.15) is 11.3 Å². The van der Waals surface area contributed by atoms with Crippen LogP contribution in [0.15, 0.2) is 54.0 Å². The van der Waals surface area contributed by atoms with E-state index in [9.17, 15) is 4.79 Å². The Morgan fingerprint density at radius 2 is 2.03 bits per heavy atom. The van der Waals surface area contributed by atoms with Crippen LogP contribution in [0.4, 0.5) is 0 Å². The predicted octanol–water partition coefficient (Wildman–Crippen LogP) is 3.41. The lowest BCUT2D eigenvalue weighted by Gasteiger charge is -2.05. The van der Waals surface area contributed by atoms with Gasteiger partial charge in [0.2, 0.25) is 0 Å². The maximum atomic E-state index is 12.8. The molecule has 8 nitrogen and oxygen atoms in total. The van der Waals surface area contributed by atoms with E-state index in [2.05, 4.69) is 20.6 Å². The number of rotatable bonds is 8. The van der Waals surface area contributed by atoms with Crippen molar-refractivity contribution in [1.82, 2.24) is 30.0 Å². The van der Waals surface area contributed by atoms with Crippen LogP contribution in [-0.4, -0.2) is 36.0 Å². The Labute approximate surface area is 171 Å². The first-order valence-electron chi connectivity index (χ1n) is 9.32. The summed E-state index contributed by atoms with van der Waals surface area (Å²) in [5, 5.41) is 18.1. The fourth-order valence-corrected chi connectivity index (χ4v) is 3.66. The standard InChI is InChI=1S/C20H20N6O2S/c1-2-10-26-18(21-23-24-26)14-28-20(27)16-13-25(12-15-7-4-3-5-8-15)22-19(16)17-9-6-11-29-17/h3-9,11,13H,2,10,12,14H2,1H3. The lowest BCUT2D eigenvalue weighted by Crippen LogP contribution is -2.11. The molecule has 0 N–H and O–H groups in total. The lowest BCUT2D eigenvalue weighted by molar-refractivity contribution is 0.0457. The summed E-state index contributed by atoms with van der Waals surface area (Å²) < 4.78 is 8.92. The van der Waals surface area contributed by atoms with E-state index in [-0.39, 0.29) is 6.61 Å². The number of hydrogen-bond donors (Lipinski definition) is 0. The molecule has 148 valence electrons. The normalized spacial score (nSPS) is 10.9. The quantitative estimate of drug-likeness (QED) is 0.415. The van der Waals surface area contributed by atoms with E-state index in [1.165, 1.54) is 11.3 Å².